The monoisotopic (exact) mass is 273 g/mol. The van der Waals surface area contributed by atoms with Gasteiger partial charge in [0.05, 0.1) is 17.0 Å². The smallest absolute Gasteiger partial charge is 0.228 e. The van der Waals surface area contributed by atoms with Gasteiger partial charge < -0.3 is 9.84 Å². The van der Waals surface area contributed by atoms with Crippen LogP contribution in [-0.4, -0.2) is 36.6 Å². The van der Waals surface area contributed by atoms with Crippen molar-refractivity contribution in [3.05, 3.63) is 11.7 Å². The Morgan fingerprint density at radius 1 is 1.50 bits per heavy atom. The average Bonchev–Trinajstić information content (AvgIpc) is 2.79. The fourth-order valence-corrected chi connectivity index (χ4v) is 3.96. The molecule has 0 radical (unpaired) electrons. The molecular formula is C11H19N3O3S. The lowest BCUT2D eigenvalue weighted by atomic mass is 10.1. The Morgan fingerprint density at radius 3 is 2.94 bits per heavy atom. The number of aromatic nitrogens is 2. The third-order valence-corrected chi connectivity index (χ3v) is 5.70. The first-order valence-corrected chi connectivity index (χ1v) is 7.96. The Balaban J connectivity index is 2.07. The van der Waals surface area contributed by atoms with E-state index in [0.717, 1.165) is 12.8 Å². The maximum atomic E-state index is 11.9. The topological polar surface area (TPSA) is 85.1 Å². The summed E-state index contributed by atoms with van der Waals surface area (Å²) in [6, 6.07) is 0.00506. The summed E-state index contributed by atoms with van der Waals surface area (Å²) in [7, 11) is -1.17. The second kappa shape index (κ2) is 5.36. The number of hydrogen-bond acceptors (Lipinski definition) is 6. The van der Waals surface area contributed by atoms with E-state index < -0.39 is 9.84 Å². The lowest BCUT2D eigenvalue weighted by Gasteiger charge is -2.20. The van der Waals surface area contributed by atoms with E-state index in [1.165, 1.54) is 0 Å². The second-order valence-corrected chi connectivity index (χ2v) is 7.15. The van der Waals surface area contributed by atoms with E-state index in [1.54, 1.807) is 0 Å². The Labute approximate surface area is 107 Å². The first kappa shape index (κ1) is 13.5. The van der Waals surface area contributed by atoms with Gasteiger partial charge in [-0.2, -0.15) is 4.98 Å². The molecule has 7 heteroatoms. The van der Waals surface area contributed by atoms with Crippen LogP contribution in [-0.2, 0) is 16.3 Å². The van der Waals surface area contributed by atoms with Gasteiger partial charge in [-0.3, -0.25) is 0 Å². The zero-order chi connectivity index (χ0) is 13.2. The molecule has 2 atom stereocenters. The highest BCUT2D eigenvalue weighted by molar-refractivity contribution is 7.92. The highest BCUT2D eigenvalue weighted by atomic mass is 32.2. The van der Waals surface area contributed by atoms with Crippen LogP contribution in [0.2, 0.25) is 0 Å². The molecule has 1 saturated heterocycles. The molecule has 0 aromatic carbocycles. The van der Waals surface area contributed by atoms with E-state index in [9.17, 15) is 8.42 Å². The molecule has 1 aromatic heterocycles. The molecule has 0 spiro atoms. The molecule has 1 aliphatic heterocycles. The minimum absolute atomic E-state index is 0.00506. The predicted octanol–water partition coefficient (Wildman–Crippen LogP) is 0.860. The quantitative estimate of drug-likeness (QED) is 0.875. The van der Waals surface area contributed by atoms with Crippen LogP contribution in [0.5, 0.6) is 0 Å². The van der Waals surface area contributed by atoms with Gasteiger partial charge in [0.1, 0.15) is 0 Å². The van der Waals surface area contributed by atoms with Crippen LogP contribution >= 0.6 is 0 Å². The molecule has 1 N–H and O–H groups in total. The summed E-state index contributed by atoms with van der Waals surface area (Å²) in [6.07, 6.45) is 2.76. The Kier molecular flexibility index (Phi) is 4.01. The van der Waals surface area contributed by atoms with Gasteiger partial charge in [-0.1, -0.05) is 11.6 Å². The molecule has 1 fully saturated rings. The summed E-state index contributed by atoms with van der Waals surface area (Å²) in [5, 5.41) is 6.51. The van der Waals surface area contributed by atoms with Crippen LogP contribution in [0.4, 0.5) is 0 Å². The molecule has 0 amide bonds. The van der Waals surface area contributed by atoms with E-state index in [2.05, 4.69) is 15.5 Å². The molecule has 0 bridgehead atoms. The van der Waals surface area contributed by atoms with Gasteiger partial charge in [-0.05, 0) is 26.8 Å². The first-order valence-electron chi connectivity index (χ1n) is 6.24. The Bertz CT molecular complexity index is 497. The predicted molar refractivity (Wildman–Crippen MR) is 66.9 cm³/mol. The molecular weight excluding hydrogens is 254 g/mol. The molecule has 18 heavy (non-hydrogen) atoms. The lowest BCUT2D eigenvalue weighted by molar-refractivity contribution is 0.363. The first-order chi connectivity index (χ1) is 8.53. The van der Waals surface area contributed by atoms with Crippen molar-refractivity contribution in [1.82, 2.24) is 15.5 Å². The van der Waals surface area contributed by atoms with Crippen LogP contribution < -0.4 is 5.32 Å². The fourth-order valence-electron chi connectivity index (χ4n) is 2.10. The van der Waals surface area contributed by atoms with Crippen LogP contribution in [0.3, 0.4) is 0 Å². The third-order valence-electron chi connectivity index (χ3n) is 3.42. The van der Waals surface area contributed by atoms with Crippen molar-refractivity contribution in [3.8, 4) is 0 Å². The molecule has 6 nitrogen and oxygen atoms in total. The van der Waals surface area contributed by atoms with Gasteiger partial charge in [0.25, 0.3) is 0 Å². The minimum atomic E-state index is -2.98. The van der Waals surface area contributed by atoms with Crippen molar-refractivity contribution in [2.24, 2.45) is 0 Å². The van der Waals surface area contributed by atoms with E-state index >= 15 is 0 Å². The molecule has 2 rings (SSSR count). The molecule has 2 heterocycles. The molecule has 102 valence electrons. The third kappa shape index (κ3) is 2.89. The maximum absolute atomic E-state index is 11.9. The second-order valence-electron chi connectivity index (χ2n) is 4.75. The lowest BCUT2D eigenvalue weighted by Crippen LogP contribution is -2.30. The van der Waals surface area contributed by atoms with E-state index in [1.807, 2.05) is 14.0 Å². The van der Waals surface area contributed by atoms with E-state index in [0.29, 0.717) is 24.6 Å². The van der Waals surface area contributed by atoms with Crippen LogP contribution in [0.25, 0.3) is 0 Å². The normalized spacial score (nSPS) is 24.9. The molecule has 1 aromatic rings. The van der Waals surface area contributed by atoms with Gasteiger partial charge in [0, 0.05) is 6.42 Å². The highest BCUT2D eigenvalue weighted by Crippen LogP contribution is 2.22. The van der Waals surface area contributed by atoms with Gasteiger partial charge in [0.2, 0.25) is 5.89 Å². The molecule has 2 unspecified atom stereocenters. The molecule has 0 aliphatic carbocycles. The summed E-state index contributed by atoms with van der Waals surface area (Å²) in [5.74, 6) is 1.27. The summed E-state index contributed by atoms with van der Waals surface area (Å²) >= 11 is 0. The molecule has 0 saturated carbocycles. The molecule has 1 aliphatic rings. The highest BCUT2D eigenvalue weighted by Gasteiger charge is 2.30. The summed E-state index contributed by atoms with van der Waals surface area (Å²) < 4.78 is 28.9. The van der Waals surface area contributed by atoms with Crippen molar-refractivity contribution in [1.29, 1.82) is 0 Å². The van der Waals surface area contributed by atoms with Crippen molar-refractivity contribution in [2.45, 2.75) is 43.9 Å². The van der Waals surface area contributed by atoms with Gasteiger partial charge in [0.15, 0.2) is 15.7 Å². The fraction of sp³-hybridized carbons (Fsp3) is 0.818. The van der Waals surface area contributed by atoms with Crippen LogP contribution in [0.1, 0.15) is 43.9 Å². The van der Waals surface area contributed by atoms with Gasteiger partial charge in [-0.15, -0.1) is 0 Å². The number of rotatable bonds is 4. The number of nitrogens with zero attached hydrogens (tertiary/aromatic N) is 2. The maximum Gasteiger partial charge on any atom is 0.228 e. The van der Waals surface area contributed by atoms with E-state index in [4.69, 9.17) is 4.52 Å². The van der Waals surface area contributed by atoms with Crippen LogP contribution in [0, 0.1) is 0 Å². The van der Waals surface area contributed by atoms with Crippen LogP contribution in [0.15, 0.2) is 4.52 Å². The van der Waals surface area contributed by atoms with Crippen molar-refractivity contribution in [3.63, 3.8) is 0 Å². The summed E-state index contributed by atoms with van der Waals surface area (Å²) in [6.45, 7) is 1.92. The van der Waals surface area contributed by atoms with Crippen molar-refractivity contribution in [2.75, 3.05) is 12.8 Å². The van der Waals surface area contributed by atoms with E-state index in [-0.39, 0.29) is 17.0 Å². The Hall–Kier alpha value is -0.950. The zero-order valence-electron chi connectivity index (χ0n) is 10.7. The largest absolute Gasteiger partial charge is 0.339 e. The Morgan fingerprint density at radius 2 is 2.28 bits per heavy atom. The number of hydrogen-bond donors (Lipinski definition) is 1. The van der Waals surface area contributed by atoms with Crippen molar-refractivity contribution >= 4 is 9.84 Å². The summed E-state index contributed by atoms with van der Waals surface area (Å²) in [5.41, 5.74) is 0. The summed E-state index contributed by atoms with van der Waals surface area (Å²) in [4.78, 5) is 4.24. The average molecular weight is 273 g/mol. The van der Waals surface area contributed by atoms with Crippen molar-refractivity contribution < 1.29 is 12.9 Å². The minimum Gasteiger partial charge on any atom is -0.339 e. The SMILES string of the molecule is CNC(C)c1noc(CC2CCCCS2(=O)=O)n1. The van der Waals surface area contributed by atoms with Gasteiger partial charge >= 0.3 is 0 Å². The number of sulfone groups is 1. The number of nitrogens with one attached hydrogen (secondary N) is 1. The van der Waals surface area contributed by atoms with Gasteiger partial charge in [-0.25, -0.2) is 8.42 Å². The standard InChI is InChI=1S/C11H19N3O3S/c1-8(12-2)11-13-10(17-14-11)7-9-5-3-4-6-18(9,15)16/h8-9,12H,3-7H2,1-2H3. The zero-order valence-corrected chi connectivity index (χ0v) is 11.5.